The van der Waals surface area contributed by atoms with Crippen LogP contribution in [0.25, 0.3) is 0 Å². The van der Waals surface area contributed by atoms with Crippen LogP contribution in [0.2, 0.25) is 0 Å². The Bertz CT molecular complexity index is 624. The first-order chi connectivity index (χ1) is 8.57. The summed E-state index contributed by atoms with van der Waals surface area (Å²) in [5, 5.41) is 5.18. The van der Waals surface area contributed by atoms with E-state index >= 15 is 0 Å². The highest BCUT2D eigenvalue weighted by Gasteiger charge is 2.12. The van der Waals surface area contributed by atoms with Gasteiger partial charge in [-0.05, 0) is 36.6 Å². The molecule has 0 saturated carbocycles. The van der Waals surface area contributed by atoms with E-state index in [2.05, 4.69) is 4.98 Å². The van der Waals surface area contributed by atoms with Gasteiger partial charge in [0.05, 0.1) is 4.90 Å². The first-order valence-corrected chi connectivity index (χ1v) is 7.12. The highest BCUT2D eigenvalue weighted by atomic mass is 32.2. The molecule has 0 aliphatic carbocycles. The molecule has 0 bridgehead atoms. The molecule has 0 aliphatic rings. The smallest absolute Gasteiger partial charge is 0.238 e. The fourth-order valence-electron chi connectivity index (χ4n) is 1.80. The lowest BCUT2D eigenvalue weighted by Gasteiger charge is -2.07. The molecular formula is C13H14N2O2S. The number of pyridine rings is 1. The third-order valence-corrected chi connectivity index (χ3v) is 3.67. The van der Waals surface area contributed by atoms with Gasteiger partial charge in [0.15, 0.2) is 0 Å². The first kappa shape index (κ1) is 12.7. The van der Waals surface area contributed by atoms with Crippen molar-refractivity contribution in [1.29, 1.82) is 0 Å². The van der Waals surface area contributed by atoms with E-state index in [1.54, 1.807) is 18.3 Å². The molecule has 5 heteroatoms. The van der Waals surface area contributed by atoms with Crippen LogP contribution in [-0.2, 0) is 22.9 Å². The number of rotatable bonds is 4. The van der Waals surface area contributed by atoms with Crippen LogP contribution in [0.15, 0.2) is 53.6 Å². The summed E-state index contributed by atoms with van der Waals surface area (Å²) in [5.74, 6) is 0. The number of hydrogen-bond donors (Lipinski definition) is 1. The Morgan fingerprint density at radius 3 is 2.39 bits per heavy atom. The maximum Gasteiger partial charge on any atom is 0.238 e. The number of primary sulfonamides is 1. The van der Waals surface area contributed by atoms with Gasteiger partial charge in [-0.15, -0.1) is 0 Å². The summed E-state index contributed by atoms with van der Waals surface area (Å²) in [5.41, 5.74) is 1.66. The number of aryl methyl sites for hydroxylation is 2. The van der Waals surface area contributed by atoms with E-state index < -0.39 is 10.0 Å². The van der Waals surface area contributed by atoms with Gasteiger partial charge in [-0.3, -0.25) is 4.98 Å². The van der Waals surface area contributed by atoms with Crippen molar-refractivity contribution in [2.24, 2.45) is 5.14 Å². The fourth-order valence-corrected chi connectivity index (χ4v) is 2.60. The van der Waals surface area contributed by atoms with Crippen molar-refractivity contribution in [2.45, 2.75) is 17.7 Å². The average molecular weight is 262 g/mol. The first-order valence-electron chi connectivity index (χ1n) is 5.58. The second-order valence-corrected chi connectivity index (χ2v) is 5.50. The van der Waals surface area contributed by atoms with Crippen LogP contribution < -0.4 is 5.14 Å². The largest absolute Gasteiger partial charge is 0.261 e. The molecule has 0 fully saturated rings. The minimum absolute atomic E-state index is 0.195. The lowest BCUT2D eigenvalue weighted by molar-refractivity contribution is 0.596. The highest BCUT2D eigenvalue weighted by Crippen LogP contribution is 2.15. The van der Waals surface area contributed by atoms with Gasteiger partial charge in [0.2, 0.25) is 10.0 Å². The molecule has 0 atom stereocenters. The average Bonchev–Trinajstić information content (AvgIpc) is 2.37. The summed E-state index contributed by atoms with van der Waals surface area (Å²) in [6.45, 7) is 0. The molecule has 1 heterocycles. The van der Waals surface area contributed by atoms with Crippen LogP contribution in [0.4, 0.5) is 0 Å². The summed E-state index contributed by atoms with van der Waals surface area (Å²) < 4.78 is 22.9. The second-order valence-electron chi connectivity index (χ2n) is 3.97. The van der Waals surface area contributed by atoms with Crippen LogP contribution in [0.1, 0.15) is 11.3 Å². The van der Waals surface area contributed by atoms with Crippen LogP contribution in [-0.4, -0.2) is 13.4 Å². The van der Waals surface area contributed by atoms with Crippen molar-refractivity contribution in [3.63, 3.8) is 0 Å². The van der Waals surface area contributed by atoms with E-state index in [1.807, 2.05) is 24.3 Å². The van der Waals surface area contributed by atoms with Gasteiger partial charge in [-0.2, -0.15) is 0 Å². The molecular weight excluding hydrogens is 248 g/mol. The SMILES string of the molecule is NS(=O)(=O)c1ccccc1CCc1ccccn1. The molecule has 1 aromatic heterocycles. The van der Waals surface area contributed by atoms with Gasteiger partial charge in [0.1, 0.15) is 0 Å². The van der Waals surface area contributed by atoms with Crippen molar-refractivity contribution >= 4 is 10.0 Å². The minimum atomic E-state index is -3.66. The summed E-state index contributed by atoms with van der Waals surface area (Å²) in [4.78, 5) is 4.40. The molecule has 2 rings (SSSR count). The fraction of sp³-hybridized carbons (Fsp3) is 0.154. The van der Waals surface area contributed by atoms with Crippen LogP contribution in [0.3, 0.4) is 0 Å². The van der Waals surface area contributed by atoms with Crippen molar-refractivity contribution in [3.8, 4) is 0 Å². The molecule has 94 valence electrons. The number of nitrogens with zero attached hydrogens (tertiary/aromatic N) is 1. The lowest BCUT2D eigenvalue weighted by Crippen LogP contribution is -2.14. The molecule has 0 unspecified atom stereocenters. The zero-order chi connectivity index (χ0) is 13.0. The summed E-state index contributed by atoms with van der Waals surface area (Å²) in [7, 11) is -3.66. The normalized spacial score (nSPS) is 11.4. The third-order valence-electron chi connectivity index (χ3n) is 2.66. The van der Waals surface area contributed by atoms with E-state index in [4.69, 9.17) is 5.14 Å². The van der Waals surface area contributed by atoms with Crippen molar-refractivity contribution < 1.29 is 8.42 Å². The summed E-state index contributed by atoms with van der Waals surface area (Å²) in [6, 6.07) is 12.5. The van der Waals surface area contributed by atoms with E-state index in [0.29, 0.717) is 12.8 Å². The predicted molar refractivity (Wildman–Crippen MR) is 69.5 cm³/mol. The molecule has 4 nitrogen and oxygen atoms in total. The maximum atomic E-state index is 11.4. The molecule has 2 N–H and O–H groups in total. The molecule has 18 heavy (non-hydrogen) atoms. The Kier molecular flexibility index (Phi) is 3.74. The lowest BCUT2D eigenvalue weighted by atomic mass is 10.1. The highest BCUT2D eigenvalue weighted by molar-refractivity contribution is 7.89. The number of aromatic nitrogens is 1. The van der Waals surface area contributed by atoms with E-state index in [1.165, 1.54) is 6.07 Å². The summed E-state index contributed by atoms with van der Waals surface area (Å²) >= 11 is 0. The van der Waals surface area contributed by atoms with Gasteiger partial charge >= 0.3 is 0 Å². The molecule has 1 aromatic carbocycles. The van der Waals surface area contributed by atoms with Crippen molar-refractivity contribution in [1.82, 2.24) is 4.98 Å². The number of nitrogens with two attached hydrogens (primary N) is 1. The van der Waals surface area contributed by atoms with Gasteiger partial charge < -0.3 is 0 Å². The Morgan fingerprint density at radius 2 is 1.72 bits per heavy atom. The Balaban J connectivity index is 2.20. The summed E-state index contributed by atoms with van der Waals surface area (Å²) in [6.07, 6.45) is 3.01. The van der Waals surface area contributed by atoms with E-state index in [9.17, 15) is 8.42 Å². The third kappa shape index (κ3) is 3.15. The van der Waals surface area contributed by atoms with E-state index in [0.717, 1.165) is 11.3 Å². The van der Waals surface area contributed by atoms with E-state index in [-0.39, 0.29) is 4.90 Å². The maximum absolute atomic E-state index is 11.4. The molecule has 0 aliphatic heterocycles. The molecule has 2 aromatic rings. The standard InChI is InChI=1S/C13H14N2O2S/c14-18(16,17)13-7-2-1-5-11(13)8-9-12-6-3-4-10-15-12/h1-7,10H,8-9H2,(H2,14,16,17). The van der Waals surface area contributed by atoms with Crippen LogP contribution in [0.5, 0.6) is 0 Å². The predicted octanol–water partition coefficient (Wildman–Crippen LogP) is 1.51. The molecule has 0 radical (unpaired) electrons. The van der Waals surface area contributed by atoms with Crippen molar-refractivity contribution in [3.05, 3.63) is 59.9 Å². The zero-order valence-corrected chi connectivity index (χ0v) is 10.6. The quantitative estimate of drug-likeness (QED) is 0.907. The topological polar surface area (TPSA) is 73.1 Å². The number of hydrogen-bond acceptors (Lipinski definition) is 3. The Labute approximate surface area is 107 Å². The number of benzene rings is 1. The van der Waals surface area contributed by atoms with Gasteiger partial charge in [-0.1, -0.05) is 24.3 Å². The van der Waals surface area contributed by atoms with Crippen LogP contribution in [0, 0.1) is 0 Å². The van der Waals surface area contributed by atoms with Crippen LogP contribution >= 0.6 is 0 Å². The Morgan fingerprint density at radius 1 is 1.00 bits per heavy atom. The monoisotopic (exact) mass is 262 g/mol. The molecule has 0 amide bonds. The molecule has 0 saturated heterocycles. The molecule has 0 spiro atoms. The zero-order valence-electron chi connectivity index (χ0n) is 9.78. The minimum Gasteiger partial charge on any atom is -0.261 e. The number of sulfonamides is 1. The van der Waals surface area contributed by atoms with Crippen molar-refractivity contribution in [2.75, 3.05) is 0 Å². The Hall–Kier alpha value is -1.72. The van der Waals surface area contributed by atoms with Gasteiger partial charge in [0, 0.05) is 11.9 Å². The van der Waals surface area contributed by atoms with Gasteiger partial charge in [0.25, 0.3) is 0 Å². The second kappa shape index (κ2) is 5.29. The van der Waals surface area contributed by atoms with Gasteiger partial charge in [-0.25, -0.2) is 13.6 Å².